The van der Waals surface area contributed by atoms with Gasteiger partial charge in [0.2, 0.25) is 0 Å². The number of allylic oxidation sites excluding steroid dienone is 16. The monoisotopic (exact) mass is 795 g/mol. The van der Waals surface area contributed by atoms with Crippen molar-refractivity contribution in [1.82, 2.24) is 0 Å². The number of hydrogen-bond acceptors (Lipinski definition) is 6. The van der Waals surface area contributed by atoms with Gasteiger partial charge in [0.05, 0.1) is 34.4 Å². The van der Waals surface area contributed by atoms with Gasteiger partial charge in [0, 0.05) is 19.3 Å². The fraction of sp³-hybridized carbons (Fsp3) is 0.612. The molecule has 0 aliphatic carbocycles. The Hall–Kier alpha value is -3.75. The Morgan fingerprint density at radius 2 is 0.965 bits per heavy atom. The maximum Gasteiger partial charge on any atom is 0.362 e. The minimum absolute atomic E-state index is 0.0247. The molecule has 0 radical (unpaired) electrons. The number of likely N-dealkylation sites (N-methyl/N-ethyl adjacent to an activating group) is 1. The van der Waals surface area contributed by atoms with Gasteiger partial charge < -0.3 is 23.8 Å². The maximum atomic E-state index is 12.7. The first-order chi connectivity index (χ1) is 27.6. The first-order valence-electron chi connectivity index (χ1n) is 21.8. The van der Waals surface area contributed by atoms with E-state index in [0.717, 1.165) is 70.6 Å². The molecule has 57 heavy (non-hydrogen) atoms. The molecular formula is C49H80NO7+. The number of carboxylic acids is 1. The van der Waals surface area contributed by atoms with Crippen LogP contribution in [0.15, 0.2) is 97.2 Å². The molecule has 0 rings (SSSR count). The lowest BCUT2D eigenvalue weighted by Gasteiger charge is -2.31. The fourth-order valence-corrected chi connectivity index (χ4v) is 5.59. The molecule has 0 saturated carbocycles. The van der Waals surface area contributed by atoms with Crippen LogP contribution in [0.1, 0.15) is 142 Å². The van der Waals surface area contributed by atoms with Crippen LogP contribution in [0.4, 0.5) is 0 Å². The standard InChI is InChI=1S/C49H79NO7/c1-6-8-10-12-14-16-18-20-21-22-23-24-25-26-27-28-30-32-34-36-38-40-48(52)57-45(43-55-42-41-46(49(53)54)50(3,4)5)44-56-47(51)39-37-35-33-31-29-19-17-15-13-11-9-7-2/h9,11,14-17,20-21,23-24,26-27,29-32,45-46H,6-8,10,12-13,18-19,22,25,28,33-44H2,1-5H3/p+1/b11-9+,16-14+,17-15+,21-20+,24-23+,27-26+,31-29+,32-30+. The Kier molecular flexibility index (Phi) is 36.5. The van der Waals surface area contributed by atoms with Crippen molar-refractivity contribution in [3.63, 3.8) is 0 Å². The molecule has 0 aromatic carbocycles. The highest BCUT2D eigenvalue weighted by Gasteiger charge is 2.31. The van der Waals surface area contributed by atoms with Crippen LogP contribution in [0.5, 0.6) is 0 Å². The van der Waals surface area contributed by atoms with Crippen molar-refractivity contribution in [2.24, 2.45) is 0 Å². The van der Waals surface area contributed by atoms with E-state index in [-0.39, 0.29) is 42.7 Å². The molecule has 2 atom stereocenters. The van der Waals surface area contributed by atoms with Crippen LogP contribution >= 0.6 is 0 Å². The Morgan fingerprint density at radius 1 is 0.544 bits per heavy atom. The van der Waals surface area contributed by atoms with Gasteiger partial charge >= 0.3 is 17.9 Å². The molecule has 0 aliphatic heterocycles. The highest BCUT2D eigenvalue weighted by Crippen LogP contribution is 2.11. The number of aliphatic carboxylic acids is 1. The van der Waals surface area contributed by atoms with Crippen LogP contribution in [0.3, 0.4) is 0 Å². The summed E-state index contributed by atoms with van der Waals surface area (Å²) in [5.74, 6) is -1.59. The average molecular weight is 795 g/mol. The van der Waals surface area contributed by atoms with Crippen LogP contribution in [0.2, 0.25) is 0 Å². The van der Waals surface area contributed by atoms with Gasteiger partial charge in [-0.05, 0) is 96.3 Å². The van der Waals surface area contributed by atoms with E-state index in [1.54, 1.807) is 0 Å². The predicted molar refractivity (Wildman–Crippen MR) is 238 cm³/mol. The molecule has 0 aromatic heterocycles. The molecule has 2 unspecified atom stereocenters. The van der Waals surface area contributed by atoms with E-state index >= 15 is 0 Å². The number of nitrogens with zero attached hydrogens (tertiary/aromatic N) is 1. The summed E-state index contributed by atoms with van der Waals surface area (Å²) in [5, 5.41) is 9.61. The van der Waals surface area contributed by atoms with Crippen LogP contribution in [-0.4, -0.2) is 80.6 Å². The van der Waals surface area contributed by atoms with Crippen molar-refractivity contribution in [2.45, 2.75) is 154 Å². The van der Waals surface area contributed by atoms with Gasteiger partial charge in [-0.15, -0.1) is 0 Å². The quantitative estimate of drug-likeness (QED) is 0.0289. The van der Waals surface area contributed by atoms with Crippen LogP contribution in [-0.2, 0) is 28.6 Å². The van der Waals surface area contributed by atoms with E-state index in [2.05, 4.69) is 111 Å². The molecule has 0 bridgehead atoms. The third kappa shape index (κ3) is 37.6. The molecule has 1 N–H and O–H groups in total. The molecule has 0 aliphatic rings. The molecule has 0 aromatic rings. The number of quaternary nitrogens is 1. The number of carboxylic acid groups (broad SMARTS) is 1. The minimum atomic E-state index is -0.893. The fourth-order valence-electron chi connectivity index (χ4n) is 5.59. The second-order valence-corrected chi connectivity index (χ2v) is 15.2. The number of unbranched alkanes of at least 4 members (excludes halogenated alkanes) is 7. The Morgan fingerprint density at radius 3 is 1.39 bits per heavy atom. The Balaban J connectivity index is 4.49. The predicted octanol–water partition coefficient (Wildman–Crippen LogP) is 11.9. The number of ether oxygens (including phenoxy) is 3. The topological polar surface area (TPSA) is 99.1 Å². The second kappa shape index (κ2) is 39.1. The summed E-state index contributed by atoms with van der Waals surface area (Å²) >= 11 is 0. The summed E-state index contributed by atoms with van der Waals surface area (Å²) in [7, 11) is 5.48. The summed E-state index contributed by atoms with van der Waals surface area (Å²) in [5.41, 5.74) is 0. The normalized spacial score (nSPS) is 13.9. The van der Waals surface area contributed by atoms with Gasteiger partial charge in [-0.25, -0.2) is 4.79 Å². The van der Waals surface area contributed by atoms with E-state index in [1.807, 2.05) is 21.1 Å². The highest BCUT2D eigenvalue weighted by molar-refractivity contribution is 5.72. The lowest BCUT2D eigenvalue weighted by molar-refractivity contribution is -0.887. The Bertz CT molecular complexity index is 1250. The minimum Gasteiger partial charge on any atom is -0.477 e. The molecule has 0 fully saturated rings. The highest BCUT2D eigenvalue weighted by atomic mass is 16.6. The van der Waals surface area contributed by atoms with Crippen LogP contribution < -0.4 is 0 Å². The van der Waals surface area contributed by atoms with Crippen molar-refractivity contribution >= 4 is 17.9 Å². The van der Waals surface area contributed by atoms with Crippen molar-refractivity contribution in [3.05, 3.63) is 97.2 Å². The van der Waals surface area contributed by atoms with Crippen LogP contribution in [0, 0.1) is 0 Å². The summed E-state index contributed by atoms with van der Waals surface area (Å²) in [6.45, 7) is 4.47. The number of carbonyl (C=O) groups is 3. The number of carbonyl (C=O) groups excluding carboxylic acids is 2. The third-order valence-electron chi connectivity index (χ3n) is 8.97. The van der Waals surface area contributed by atoms with E-state index in [4.69, 9.17) is 14.2 Å². The average Bonchev–Trinajstić information content (AvgIpc) is 3.17. The van der Waals surface area contributed by atoms with Gasteiger partial charge in [0.15, 0.2) is 12.1 Å². The molecule has 0 spiro atoms. The molecule has 0 saturated heterocycles. The number of hydrogen-bond donors (Lipinski definition) is 1. The molecule has 0 heterocycles. The van der Waals surface area contributed by atoms with Crippen molar-refractivity contribution in [3.8, 4) is 0 Å². The number of esters is 2. The maximum absolute atomic E-state index is 12.7. The van der Waals surface area contributed by atoms with Gasteiger partial charge in [-0.3, -0.25) is 9.59 Å². The van der Waals surface area contributed by atoms with Crippen LogP contribution in [0.25, 0.3) is 0 Å². The molecule has 8 heteroatoms. The van der Waals surface area contributed by atoms with E-state index in [0.29, 0.717) is 25.7 Å². The lowest BCUT2D eigenvalue weighted by Crippen LogP contribution is -2.50. The first-order valence-corrected chi connectivity index (χ1v) is 21.8. The zero-order chi connectivity index (χ0) is 42.1. The Labute approximate surface area is 347 Å². The largest absolute Gasteiger partial charge is 0.477 e. The SMILES string of the molecule is CC/C=C/C/C=C/C/C=C/CCCCC(=O)OCC(COCCC(C(=O)O)[N+](C)(C)C)OC(=O)CCCC/C=C/C/C=C/C/C=C/C/C=C/C/C=C/CCCCC. The summed E-state index contributed by atoms with van der Waals surface area (Å²) in [6, 6.07) is -0.634. The van der Waals surface area contributed by atoms with Gasteiger partial charge in [0.1, 0.15) is 6.61 Å². The molecular weight excluding hydrogens is 715 g/mol. The van der Waals surface area contributed by atoms with Crippen molar-refractivity contribution in [2.75, 3.05) is 41.0 Å². The third-order valence-corrected chi connectivity index (χ3v) is 8.97. The smallest absolute Gasteiger partial charge is 0.362 e. The van der Waals surface area contributed by atoms with E-state index in [9.17, 15) is 19.5 Å². The zero-order valence-corrected chi connectivity index (χ0v) is 36.5. The zero-order valence-electron chi connectivity index (χ0n) is 36.5. The molecule has 322 valence electrons. The second-order valence-electron chi connectivity index (χ2n) is 15.2. The number of rotatable bonds is 37. The summed E-state index contributed by atoms with van der Waals surface area (Å²) in [6.07, 6.45) is 51.8. The van der Waals surface area contributed by atoms with Gasteiger partial charge in [-0.2, -0.15) is 0 Å². The van der Waals surface area contributed by atoms with Crippen molar-refractivity contribution in [1.29, 1.82) is 0 Å². The van der Waals surface area contributed by atoms with E-state index < -0.39 is 18.1 Å². The van der Waals surface area contributed by atoms with Gasteiger partial charge in [-0.1, -0.05) is 124 Å². The van der Waals surface area contributed by atoms with E-state index in [1.165, 1.54) is 25.7 Å². The summed E-state index contributed by atoms with van der Waals surface area (Å²) in [4.78, 5) is 36.9. The summed E-state index contributed by atoms with van der Waals surface area (Å²) < 4.78 is 17.2. The molecule has 8 nitrogen and oxygen atoms in total. The molecule has 0 amide bonds. The first kappa shape index (κ1) is 53.2. The van der Waals surface area contributed by atoms with Gasteiger partial charge in [0.25, 0.3) is 0 Å². The van der Waals surface area contributed by atoms with Crippen molar-refractivity contribution < 1.29 is 38.2 Å². The lowest BCUT2D eigenvalue weighted by atomic mass is 10.1.